The lowest BCUT2D eigenvalue weighted by Crippen LogP contribution is -2.24. The Morgan fingerprint density at radius 2 is 1.96 bits per heavy atom. The van der Waals surface area contributed by atoms with Crippen LogP contribution in [-0.4, -0.2) is 34.2 Å². The normalized spacial score (nSPS) is 11.1. The molecular formula is C20H24N4O2. The van der Waals surface area contributed by atoms with E-state index in [9.17, 15) is 4.79 Å². The molecule has 0 fully saturated rings. The topological polar surface area (TPSA) is 63.3 Å². The molecule has 1 aromatic carbocycles. The van der Waals surface area contributed by atoms with Crippen LogP contribution >= 0.6 is 0 Å². The fourth-order valence-corrected chi connectivity index (χ4v) is 2.89. The van der Waals surface area contributed by atoms with E-state index in [1.807, 2.05) is 68.0 Å². The summed E-state index contributed by atoms with van der Waals surface area (Å²) in [6, 6.07) is 13.7. The van der Waals surface area contributed by atoms with E-state index in [-0.39, 0.29) is 5.91 Å². The molecule has 0 saturated heterocycles. The van der Waals surface area contributed by atoms with Crippen LogP contribution in [0.2, 0.25) is 0 Å². The Balaban J connectivity index is 1.60. The Kier molecular flexibility index (Phi) is 5.53. The zero-order valence-corrected chi connectivity index (χ0v) is 15.4. The van der Waals surface area contributed by atoms with Crippen molar-refractivity contribution in [3.63, 3.8) is 0 Å². The standard InChI is InChI=1S/C20H24N4O2/c1-15-20(16(2)24(22-15)17-8-5-4-6-9-17)21-19(25)11-12-23(3)14-18-10-7-13-26-18/h4-10,13H,11-12,14H2,1-3H3,(H,21,25). The summed E-state index contributed by atoms with van der Waals surface area (Å²) in [5, 5.41) is 7.57. The van der Waals surface area contributed by atoms with Crippen molar-refractivity contribution in [2.24, 2.45) is 0 Å². The number of nitrogens with zero attached hydrogens (tertiary/aromatic N) is 3. The molecule has 0 bridgehead atoms. The van der Waals surface area contributed by atoms with Crippen molar-refractivity contribution in [3.05, 3.63) is 65.9 Å². The van der Waals surface area contributed by atoms with E-state index in [1.165, 1.54) is 0 Å². The first-order valence-corrected chi connectivity index (χ1v) is 8.67. The van der Waals surface area contributed by atoms with Crippen molar-refractivity contribution in [1.29, 1.82) is 0 Å². The van der Waals surface area contributed by atoms with Crippen molar-refractivity contribution in [2.75, 3.05) is 18.9 Å². The Labute approximate surface area is 153 Å². The fraction of sp³-hybridized carbons (Fsp3) is 0.300. The second kappa shape index (κ2) is 8.01. The number of benzene rings is 1. The molecule has 6 nitrogen and oxygen atoms in total. The summed E-state index contributed by atoms with van der Waals surface area (Å²) in [5.41, 5.74) is 3.49. The van der Waals surface area contributed by atoms with Crippen LogP contribution in [0.25, 0.3) is 5.69 Å². The summed E-state index contributed by atoms with van der Waals surface area (Å²) in [6.45, 7) is 5.21. The first kappa shape index (κ1) is 17.9. The van der Waals surface area contributed by atoms with Gasteiger partial charge in [-0.3, -0.25) is 9.69 Å². The second-order valence-corrected chi connectivity index (χ2v) is 6.41. The first-order chi connectivity index (χ1) is 12.5. The van der Waals surface area contributed by atoms with E-state index in [0.717, 1.165) is 28.5 Å². The number of nitrogens with one attached hydrogen (secondary N) is 1. The fourth-order valence-electron chi connectivity index (χ4n) is 2.89. The molecule has 0 unspecified atom stereocenters. The number of para-hydroxylation sites is 1. The molecule has 0 spiro atoms. The number of aromatic nitrogens is 2. The molecule has 6 heteroatoms. The predicted molar refractivity (Wildman–Crippen MR) is 101 cm³/mol. The van der Waals surface area contributed by atoms with Crippen LogP contribution in [0.15, 0.2) is 53.1 Å². The van der Waals surface area contributed by atoms with Gasteiger partial charge in [-0.25, -0.2) is 4.68 Å². The Bertz CT molecular complexity index is 854. The van der Waals surface area contributed by atoms with Crippen LogP contribution in [-0.2, 0) is 11.3 Å². The van der Waals surface area contributed by atoms with Gasteiger partial charge < -0.3 is 9.73 Å². The summed E-state index contributed by atoms with van der Waals surface area (Å²) in [7, 11) is 1.97. The maximum atomic E-state index is 12.4. The minimum atomic E-state index is -0.0184. The minimum Gasteiger partial charge on any atom is -0.468 e. The molecule has 2 heterocycles. The van der Waals surface area contributed by atoms with Crippen molar-refractivity contribution in [1.82, 2.24) is 14.7 Å². The van der Waals surface area contributed by atoms with Crippen LogP contribution in [0.5, 0.6) is 0 Å². The molecule has 0 aliphatic heterocycles. The lowest BCUT2D eigenvalue weighted by molar-refractivity contribution is -0.116. The molecule has 0 radical (unpaired) electrons. The predicted octanol–water partition coefficient (Wildman–Crippen LogP) is 3.54. The van der Waals surface area contributed by atoms with Gasteiger partial charge in [0.25, 0.3) is 0 Å². The van der Waals surface area contributed by atoms with Crippen molar-refractivity contribution < 1.29 is 9.21 Å². The summed E-state index contributed by atoms with van der Waals surface area (Å²) < 4.78 is 7.18. The Morgan fingerprint density at radius 1 is 1.19 bits per heavy atom. The number of carbonyl (C=O) groups is 1. The van der Waals surface area contributed by atoms with E-state index < -0.39 is 0 Å². The molecule has 1 N–H and O–H groups in total. The van der Waals surface area contributed by atoms with E-state index in [0.29, 0.717) is 19.5 Å². The number of amides is 1. The lowest BCUT2D eigenvalue weighted by Gasteiger charge is -2.14. The molecule has 3 rings (SSSR count). The van der Waals surface area contributed by atoms with Gasteiger partial charge in [-0.05, 0) is 45.2 Å². The van der Waals surface area contributed by atoms with Crippen LogP contribution in [0.4, 0.5) is 5.69 Å². The third kappa shape index (κ3) is 4.21. The van der Waals surface area contributed by atoms with Gasteiger partial charge in [0, 0.05) is 13.0 Å². The van der Waals surface area contributed by atoms with Gasteiger partial charge in [-0.15, -0.1) is 0 Å². The van der Waals surface area contributed by atoms with Gasteiger partial charge in [0.1, 0.15) is 5.76 Å². The van der Waals surface area contributed by atoms with Gasteiger partial charge in [0.15, 0.2) is 0 Å². The zero-order chi connectivity index (χ0) is 18.5. The molecule has 0 aliphatic rings. The Morgan fingerprint density at radius 3 is 2.65 bits per heavy atom. The van der Waals surface area contributed by atoms with E-state index >= 15 is 0 Å². The van der Waals surface area contributed by atoms with Gasteiger partial charge in [-0.1, -0.05) is 18.2 Å². The highest BCUT2D eigenvalue weighted by molar-refractivity contribution is 5.92. The molecule has 1 amide bonds. The van der Waals surface area contributed by atoms with Crippen LogP contribution in [0.3, 0.4) is 0 Å². The molecular weight excluding hydrogens is 328 g/mol. The maximum absolute atomic E-state index is 12.4. The third-order valence-corrected chi connectivity index (χ3v) is 4.28. The highest BCUT2D eigenvalue weighted by atomic mass is 16.3. The molecule has 0 aliphatic carbocycles. The highest BCUT2D eigenvalue weighted by Crippen LogP contribution is 2.22. The SMILES string of the molecule is Cc1nn(-c2ccccc2)c(C)c1NC(=O)CCN(C)Cc1ccco1. The van der Waals surface area contributed by atoms with Crippen LogP contribution in [0.1, 0.15) is 23.6 Å². The Hall–Kier alpha value is -2.86. The summed E-state index contributed by atoms with van der Waals surface area (Å²) in [6.07, 6.45) is 2.07. The van der Waals surface area contributed by atoms with E-state index in [1.54, 1.807) is 6.26 Å². The summed E-state index contributed by atoms with van der Waals surface area (Å²) >= 11 is 0. The first-order valence-electron chi connectivity index (χ1n) is 8.67. The lowest BCUT2D eigenvalue weighted by atomic mass is 10.2. The molecule has 2 aromatic heterocycles. The number of hydrogen-bond acceptors (Lipinski definition) is 4. The van der Waals surface area contributed by atoms with Crippen molar-refractivity contribution in [2.45, 2.75) is 26.8 Å². The van der Waals surface area contributed by atoms with Crippen molar-refractivity contribution >= 4 is 11.6 Å². The van der Waals surface area contributed by atoms with Gasteiger partial charge >= 0.3 is 0 Å². The minimum absolute atomic E-state index is 0.0184. The number of anilines is 1. The van der Waals surface area contributed by atoms with Crippen molar-refractivity contribution in [3.8, 4) is 5.69 Å². The average Bonchev–Trinajstić information content (AvgIpc) is 3.24. The van der Waals surface area contributed by atoms with Gasteiger partial charge in [-0.2, -0.15) is 5.10 Å². The van der Waals surface area contributed by atoms with E-state index in [2.05, 4.69) is 15.3 Å². The molecule has 26 heavy (non-hydrogen) atoms. The maximum Gasteiger partial charge on any atom is 0.225 e. The molecule has 136 valence electrons. The number of furan rings is 1. The third-order valence-electron chi connectivity index (χ3n) is 4.28. The van der Waals surface area contributed by atoms with Crippen LogP contribution in [0, 0.1) is 13.8 Å². The zero-order valence-electron chi connectivity index (χ0n) is 15.4. The average molecular weight is 352 g/mol. The number of rotatable bonds is 7. The highest BCUT2D eigenvalue weighted by Gasteiger charge is 2.15. The van der Waals surface area contributed by atoms with E-state index in [4.69, 9.17) is 4.42 Å². The van der Waals surface area contributed by atoms with Crippen LogP contribution < -0.4 is 5.32 Å². The summed E-state index contributed by atoms with van der Waals surface area (Å²) in [4.78, 5) is 14.4. The number of carbonyl (C=O) groups excluding carboxylic acids is 1. The smallest absolute Gasteiger partial charge is 0.225 e. The summed E-state index contributed by atoms with van der Waals surface area (Å²) in [5.74, 6) is 0.874. The monoisotopic (exact) mass is 352 g/mol. The molecule has 0 saturated carbocycles. The number of aryl methyl sites for hydroxylation is 1. The largest absolute Gasteiger partial charge is 0.468 e. The number of hydrogen-bond donors (Lipinski definition) is 1. The molecule has 0 atom stereocenters. The second-order valence-electron chi connectivity index (χ2n) is 6.41. The van der Waals surface area contributed by atoms with Gasteiger partial charge in [0.05, 0.1) is 35.6 Å². The van der Waals surface area contributed by atoms with Gasteiger partial charge in [0.2, 0.25) is 5.91 Å². The molecule has 3 aromatic rings. The quantitative estimate of drug-likeness (QED) is 0.706.